The predicted molar refractivity (Wildman–Crippen MR) is 45.4 cm³/mol. The Morgan fingerprint density at radius 2 is 2.33 bits per heavy atom. The Morgan fingerprint density at radius 3 is 2.83 bits per heavy atom. The van der Waals surface area contributed by atoms with E-state index in [4.69, 9.17) is 4.84 Å². The molecule has 1 amide bonds. The highest BCUT2D eigenvalue weighted by Gasteiger charge is 2.20. The van der Waals surface area contributed by atoms with E-state index in [1.165, 1.54) is 25.0 Å². The summed E-state index contributed by atoms with van der Waals surface area (Å²) in [6.45, 7) is 1.34. The van der Waals surface area contributed by atoms with Crippen LogP contribution in [-0.2, 0) is 9.63 Å². The molecule has 70 valence electrons. The zero-order valence-electron chi connectivity index (χ0n) is 7.67. The number of amides is 1. The Hall–Kier alpha value is -0.610. The van der Waals surface area contributed by atoms with Crippen LogP contribution in [0.4, 0.5) is 0 Å². The molecule has 12 heavy (non-hydrogen) atoms. The highest BCUT2D eigenvalue weighted by molar-refractivity contribution is 5.76. The maximum Gasteiger partial charge on any atom is 0.259 e. The number of nitrogens with one attached hydrogen (secondary N) is 1. The van der Waals surface area contributed by atoms with Gasteiger partial charge in [-0.1, -0.05) is 0 Å². The van der Waals surface area contributed by atoms with Crippen LogP contribution in [0.2, 0.25) is 0 Å². The van der Waals surface area contributed by atoms with Crippen molar-refractivity contribution in [3.05, 3.63) is 0 Å². The number of hydroxylamine groups is 2. The molecule has 0 radical (unpaired) electrons. The number of carbonyl (C=O) groups excluding carboxylic acids is 1. The average Bonchev–Trinajstić information content (AvgIpc) is 2.86. The molecule has 0 heterocycles. The fourth-order valence-electron chi connectivity index (χ4n) is 0.918. The van der Waals surface area contributed by atoms with Gasteiger partial charge in [0, 0.05) is 7.05 Å². The van der Waals surface area contributed by atoms with Crippen molar-refractivity contribution in [1.29, 1.82) is 0 Å². The van der Waals surface area contributed by atoms with E-state index in [-0.39, 0.29) is 5.91 Å². The molecule has 0 bridgehead atoms. The van der Waals surface area contributed by atoms with Crippen molar-refractivity contribution in [2.24, 2.45) is 5.92 Å². The van der Waals surface area contributed by atoms with Crippen LogP contribution in [-0.4, -0.2) is 38.2 Å². The van der Waals surface area contributed by atoms with E-state index < -0.39 is 0 Å². The Morgan fingerprint density at radius 1 is 1.67 bits per heavy atom. The van der Waals surface area contributed by atoms with Crippen molar-refractivity contribution in [2.75, 3.05) is 27.2 Å². The van der Waals surface area contributed by atoms with Crippen LogP contribution >= 0.6 is 0 Å². The predicted octanol–water partition coefficient (Wildman–Crippen LogP) is 0.00580. The van der Waals surface area contributed by atoms with Crippen LogP contribution in [0.5, 0.6) is 0 Å². The summed E-state index contributed by atoms with van der Waals surface area (Å²) < 4.78 is 0. The van der Waals surface area contributed by atoms with Gasteiger partial charge in [-0.25, -0.2) is 5.06 Å². The van der Waals surface area contributed by atoms with E-state index in [9.17, 15) is 4.79 Å². The van der Waals surface area contributed by atoms with E-state index in [0.29, 0.717) is 6.54 Å². The number of hydrogen-bond donors (Lipinski definition) is 1. The lowest BCUT2D eigenvalue weighted by Crippen LogP contribution is -2.35. The normalized spacial score (nSPS) is 16.2. The Kier molecular flexibility index (Phi) is 3.49. The lowest BCUT2D eigenvalue weighted by Gasteiger charge is -2.13. The van der Waals surface area contributed by atoms with Crippen molar-refractivity contribution in [3.63, 3.8) is 0 Å². The molecule has 0 aromatic heterocycles. The fourth-order valence-corrected chi connectivity index (χ4v) is 0.918. The molecule has 0 aromatic rings. The summed E-state index contributed by atoms with van der Waals surface area (Å²) in [4.78, 5) is 15.8. The maximum atomic E-state index is 11.1. The molecular formula is C8H16N2O2. The van der Waals surface area contributed by atoms with Crippen LogP contribution in [0, 0.1) is 5.92 Å². The molecule has 1 saturated carbocycles. The van der Waals surface area contributed by atoms with E-state index >= 15 is 0 Å². The highest BCUT2D eigenvalue weighted by atomic mass is 16.7. The molecule has 0 atom stereocenters. The zero-order chi connectivity index (χ0) is 8.97. The molecule has 0 aliphatic heterocycles. The second kappa shape index (κ2) is 4.42. The fraction of sp³-hybridized carbons (Fsp3) is 0.875. The molecule has 1 aliphatic rings. The number of rotatable bonds is 5. The quantitative estimate of drug-likeness (QED) is 0.594. The minimum absolute atomic E-state index is 0.0295. The van der Waals surface area contributed by atoms with Gasteiger partial charge in [-0.15, -0.1) is 0 Å². The highest BCUT2D eigenvalue weighted by Crippen LogP contribution is 2.27. The molecule has 0 saturated heterocycles. The average molecular weight is 172 g/mol. The topological polar surface area (TPSA) is 41.6 Å². The summed E-state index contributed by atoms with van der Waals surface area (Å²) in [5.74, 6) is 0.781. The molecule has 0 unspecified atom stereocenters. The van der Waals surface area contributed by atoms with E-state index in [0.717, 1.165) is 12.5 Å². The van der Waals surface area contributed by atoms with Crippen molar-refractivity contribution >= 4 is 5.91 Å². The Balaban J connectivity index is 2.00. The van der Waals surface area contributed by atoms with E-state index in [1.807, 2.05) is 0 Å². The van der Waals surface area contributed by atoms with Gasteiger partial charge in [-0.3, -0.25) is 9.63 Å². The van der Waals surface area contributed by atoms with Crippen LogP contribution in [0.1, 0.15) is 12.8 Å². The number of likely N-dealkylation sites (N-methyl/N-ethyl adjacent to an activating group) is 1. The van der Waals surface area contributed by atoms with Crippen LogP contribution in [0.25, 0.3) is 0 Å². The molecule has 1 fully saturated rings. The number of nitrogens with zero attached hydrogens (tertiary/aromatic N) is 1. The van der Waals surface area contributed by atoms with Crippen molar-refractivity contribution < 1.29 is 9.63 Å². The van der Waals surface area contributed by atoms with Gasteiger partial charge >= 0.3 is 0 Å². The zero-order valence-corrected chi connectivity index (χ0v) is 7.67. The Bertz CT molecular complexity index is 157. The van der Waals surface area contributed by atoms with Gasteiger partial charge in [0.15, 0.2) is 0 Å². The van der Waals surface area contributed by atoms with Gasteiger partial charge < -0.3 is 5.32 Å². The first kappa shape index (κ1) is 9.48. The summed E-state index contributed by atoms with van der Waals surface area (Å²) in [6.07, 6.45) is 2.61. The van der Waals surface area contributed by atoms with Gasteiger partial charge in [0.25, 0.3) is 5.91 Å². The van der Waals surface area contributed by atoms with Crippen LogP contribution in [0.15, 0.2) is 0 Å². The molecule has 0 aromatic carbocycles. The van der Waals surface area contributed by atoms with Gasteiger partial charge in [-0.05, 0) is 25.3 Å². The van der Waals surface area contributed by atoms with Gasteiger partial charge in [-0.2, -0.15) is 0 Å². The third-order valence-electron chi connectivity index (χ3n) is 2.03. The molecular weight excluding hydrogens is 156 g/mol. The molecule has 1 N–H and O–H groups in total. The third kappa shape index (κ3) is 3.19. The van der Waals surface area contributed by atoms with Gasteiger partial charge in [0.2, 0.25) is 0 Å². The lowest BCUT2D eigenvalue weighted by atomic mass is 10.4. The maximum absolute atomic E-state index is 11.1. The summed E-state index contributed by atoms with van der Waals surface area (Å²) in [7, 11) is 3.10. The second-order valence-corrected chi connectivity index (χ2v) is 3.15. The molecule has 4 heteroatoms. The minimum Gasteiger partial charge on any atom is -0.308 e. The molecule has 1 aliphatic carbocycles. The summed E-state index contributed by atoms with van der Waals surface area (Å²) >= 11 is 0. The second-order valence-electron chi connectivity index (χ2n) is 3.15. The smallest absolute Gasteiger partial charge is 0.259 e. The first-order chi connectivity index (χ1) is 5.74. The first-order valence-electron chi connectivity index (χ1n) is 4.25. The molecule has 4 nitrogen and oxygen atoms in total. The number of carbonyl (C=O) groups is 1. The van der Waals surface area contributed by atoms with Gasteiger partial charge in [0.05, 0.1) is 13.7 Å². The Labute approximate surface area is 72.8 Å². The van der Waals surface area contributed by atoms with Crippen LogP contribution < -0.4 is 5.32 Å². The molecule has 0 spiro atoms. The lowest BCUT2D eigenvalue weighted by molar-refractivity contribution is -0.167. The van der Waals surface area contributed by atoms with E-state index in [1.54, 1.807) is 7.05 Å². The monoisotopic (exact) mass is 172 g/mol. The SMILES string of the molecule is CON(C)C(=O)CNCC1CC1. The summed E-state index contributed by atoms with van der Waals surface area (Å²) in [5, 5.41) is 4.33. The van der Waals surface area contributed by atoms with E-state index in [2.05, 4.69) is 5.32 Å². The summed E-state index contributed by atoms with van der Waals surface area (Å²) in [5.41, 5.74) is 0. The van der Waals surface area contributed by atoms with Gasteiger partial charge in [0.1, 0.15) is 0 Å². The summed E-state index contributed by atoms with van der Waals surface area (Å²) in [6, 6.07) is 0. The minimum atomic E-state index is -0.0295. The standard InChI is InChI=1S/C8H16N2O2/c1-10(12-2)8(11)6-9-5-7-3-4-7/h7,9H,3-6H2,1-2H3. The largest absolute Gasteiger partial charge is 0.308 e. The number of hydrogen-bond acceptors (Lipinski definition) is 3. The van der Waals surface area contributed by atoms with Crippen molar-refractivity contribution in [2.45, 2.75) is 12.8 Å². The van der Waals surface area contributed by atoms with Crippen molar-refractivity contribution in [1.82, 2.24) is 10.4 Å². The molecule has 1 rings (SSSR count). The van der Waals surface area contributed by atoms with Crippen LogP contribution in [0.3, 0.4) is 0 Å². The first-order valence-corrected chi connectivity index (χ1v) is 4.25. The van der Waals surface area contributed by atoms with Crippen molar-refractivity contribution in [3.8, 4) is 0 Å². The third-order valence-corrected chi connectivity index (χ3v) is 2.03.